The number of hydrogen-bond donors (Lipinski definition) is 1. The minimum Gasteiger partial charge on any atom is -0.494 e. The highest BCUT2D eigenvalue weighted by atomic mass is 19.1. The normalized spacial score (nSPS) is 16.4. The topological polar surface area (TPSA) is 74.2 Å². The number of ether oxygens (including phenoxy) is 4. The van der Waals surface area contributed by atoms with Crippen LogP contribution in [0, 0.1) is 5.82 Å². The lowest BCUT2D eigenvalue weighted by Crippen LogP contribution is -2.14. The molecule has 2 aromatic rings. The summed E-state index contributed by atoms with van der Waals surface area (Å²) in [7, 11) is 5.80. The molecule has 1 unspecified atom stereocenters. The lowest BCUT2D eigenvalue weighted by atomic mass is 9.96. The molecule has 1 aliphatic carbocycles. The van der Waals surface area contributed by atoms with E-state index in [1.807, 2.05) is 0 Å². The summed E-state index contributed by atoms with van der Waals surface area (Å²) in [5.41, 5.74) is 1.80. The molecule has 3 rings (SSSR count). The second kappa shape index (κ2) is 7.90. The maximum atomic E-state index is 14.2. The third-order valence-electron chi connectivity index (χ3n) is 4.70. The third-order valence-corrected chi connectivity index (χ3v) is 4.70. The minimum absolute atomic E-state index is 0.0800. The Morgan fingerprint density at radius 2 is 1.50 bits per heavy atom. The Bertz CT molecular complexity index is 925. The number of hydrogen-bond acceptors (Lipinski definition) is 6. The van der Waals surface area contributed by atoms with Crippen LogP contribution in [0.25, 0.3) is 11.1 Å². The molecule has 0 spiro atoms. The first-order valence-corrected chi connectivity index (χ1v) is 8.54. The van der Waals surface area contributed by atoms with Gasteiger partial charge in [-0.2, -0.15) is 0 Å². The van der Waals surface area contributed by atoms with E-state index in [-0.39, 0.29) is 17.7 Å². The molecule has 0 fully saturated rings. The molecular formula is C21H21FO6. The summed E-state index contributed by atoms with van der Waals surface area (Å²) >= 11 is 0. The molecule has 148 valence electrons. The zero-order chi connectivity index (χ0) is 20.4. The van der Waals surface area contributed by atoms with Gasteiger partial charge in [-0.15, -0.1) is 0 Å². The van der Waals surface area contributed by atoms with E-state index in [9.17, 15) is 14.3 Å². The highest BCUT2D eigenvalue weighted by molar-refractivity contribution is 6.33. The van der Waals surface area contributed by atoms with Crippen molar-refractivity contribution in [1.82, 2.24) is 0 Å². The van der Waals surface area contributed by atoms with E-state index in [1.165, 1.54) is 40.6 Å². The quantitative estimate of drug-likeness (QED) is 0.820. The van der Waals surface area contributed by atoms with Crippen molar-refractivity contribution in [1.29, 1.82) is 0 Å². The van der Waals surface area contributed by atoms with Crippen LogP contribution >= 0.6 is 0 Å². The van der Waals surface area contributed by atoms with Crippen molar-refractivity contribution in [2.45, 2.75) is 12.5 Å². The van der Waals surface area contributed by atoms with E-state index in [0.717, 1.165) is 0 Å². The SMILES string of the molecule is COc1ccc(C2=C(c3cc(OC)c(OC)c(OC)c3)C(=O)C(O)C2)cc1F. The van der Waals surface area contributed by atoms with Gasteiger partial charge < -0.3 is 24.1 Å². The van der Waals surface area contributed by atoms with E-state index in [2.05, 4.69) is 0 Å². The Morgan fingerprint density at radius 3 is 2.00 bits per heavy atom. The van der Waals surface area contributed by atoms with E-state index in [4.69, 9.17) is 18.9 Å². The molecular weight excluding hydrogens is 367 g/mol. The number of aliphatic hydroxyl groups is 1. The Balaban J connectivity index is 2.22. The van der Waals surface area contributed by atoms with Crippen molar-refractivity contribution in [3.8, 4) is 23.0 Å². The van der Waals surface area contributed by atoms with Crippen LogP contribution in [0.3, 0.4) is 0 Å². The van der Waals surface area contributed by atoms with E-state index in [0.29, 0.717) is 33.9 Å². The average Bonchev–Trinajstić information content (AvgIpc) is 3.01. The number of halogens is 1. The first kappa shape index (κ1) is 19.7. The molecule has 28 heavy (non-hydrogen) atoms. The van der Waals surface area contributed by atoms with Crippen molar-refractivity contribution in [3.63, 3.8) is 0 Å². The number of benzene rings is 2. The molecule has 0 amide bonds. The Hall–Kier alpha value is -3.06. The van der Waals surface area contributed by atoms with E-state index < -0.39 is 17.7 Å². The summed E-state index contributed by atoms with van der Waals surface area (Å²) in [4.78, 5) is 12.7. The average molecular weight is 388 g/mol. The highest BCUT2D eigenvalue weighted by Gasteiger charge is 2.34. The molecule has 1 aliphatic rings. The number of carbonyl (C=O) groups excluding carboxylic acids is 1. The van der Waals surface area contributed by atoms with Crippen LogP contribution in [0.15, 0.2) is 30.3 Å². The molecule has 0 saturated carbocycles. The second-order valence-electron chi connectivity index (χ2n) is 6.20. The number of aliphatic hydroxyl groups excluding tert-OH is 1. The lowest BCUT2D eigenvalue weighted by molar-refractivity contribution is -0.120. The monoisotopic (exact) mass is 388 g/mol. The Labute approximate surface area is 162 Å². The number of Topliss-reactive ketones (excluding diaryl/α,β-unsaturated/α-hetero) is 1. The largest absolute Gasteiger partial charge is 0.494 e. The van der Waals surface area contributed by atoms with Crippen molar-refractivity contribution in [2.75, 3.05) is 28.4 Å². The van der Waals surface area contributed by atoms with Gasteiger partial charge in [0, 0.05) is 12.0 Å². The molecule has 0 bridgehead atoms. The first-order valence-electron chi connectivity index (χ1n) is 8.54. The summed E-state index contributed by atoms with van der Waals surface area (Å²) in [5, 5.41) is 10.2. The number of rotatable bonds is 6. The van der Waals surface area contributed by atoms with Crippen LogP contribution in [0.1, 0.15) is 17.5 Å². The van der Waals surface area contributed by atoms with Crippen LogP contribution in [0.5, 0.6) is 23.0 Å². The van der Waals surface area contributed by atoms with Gasteiger partial charge in [-0.3, -0.25) is 4.79 Å². The molecule has 1 atom stereocenters. The molecule has 0 radical (unpaired) electrons. The van der Waals surface area contributed by atoms with E-state index >= 15 is 0 Å². The third kappa shape index (κ3) is 3.29. The first-order chi connectivity index (χ1) is 13.4. The van der Waals surface area contributed by atoms with Gasteiger partial charge in [0.15, 0.2) is 28.8 Å². The predicted octanol–water partition coefficient (Wildman–Crippen LogP) is 3.10. The van der Waals surface area contributed by atoms with Crippen molar-refractivity contribution in [3.05, 3.63) is 47.3 Å². The van der Waals surface area contributed by atoms with Gasteiger partial charge in [0.05, 0.1) is 28.4 Å². The molecule has 0 heterocycles. The summed E-state index contributed by atoms with van der Waals surface area (Å²) in [6, 6.07) is 7.69. The zero-order valence-electron chi connectivity index (χ0n) is 16.0. The van der Waals surface area contributed by atoms with Crippen molar-refractivity contribution < 1.29 is 33.2 Å². The van der Waals surface area contributed by atoms with Crippen LogP contribution in [-0.2, 0) is 4.79 Å². The molecule has 0 saturated heterocycles. The van der Waals surface area contributed by atoms with Gasteiger partial charge in [-0.05, 0) is 41.0 Å². The minimum atomic E-state index is -1.20. The van der Waals surface area contributed by atoms with Crippen LogP contribution < -0.4 is 18.9 Å². The number of ketones is 1. The maximum absolute atomic E-state index is 14.2. The molecule has 6 nitrogen and oxygen atoms in total. The molecule has 0 aromatic heterocycles. The number of carbonyl (C=O) groups is 1. The van der Waals surface area contributed by atoms with Gasteiger partial charge in [0.25, 0.3) is 0 Å². The van der Waals surface area contributed by atoms with Crippen molar-refractivity contribution in [2.24, 2.45) is 0 Å². The predicted molar refractivity (Wildman–Crippen MR) is 101 cm³/mol. The molecule has 7 heteroatoms. The Kier molecular flexibility index (Phi) is 5.56. The maximum Gasteiger partial charge on any atom is 0.203 e. The van der Waals surface area contributed by atoms with Crippen LogP contribution in [0.2, 0.25) is 0 Å². The zero-order valence-corrected chi connectivity index (χ0v) is 16.0. The summed E-state index contributed by atoms with van der Waals surface area (Å²) < 4.78 is 35.2. The smallest absolute Gasteiger partial charge is 0.203 e. The van der Waals surface area contributed by atoms with E-state index in [1.54, 1.807) is 18.2 Å². The van der Waals surface area contributed by atoms with Gasteiger partial charge >= 0.3 is 0 Å². The summed E-state index contributed by atoms with van der Waals surface area (Å²) in [6.07, 6.45) is -1.12. The Morgan fingerprint density at radius 1 is 0.893 bits per heavy atom. The van der Waals surface area contributed by atoms with Crippen molar-refractivity contribution >= 4 is 16.9 Å². The van der Waals surface area contributed by atoms with Gasteiger partial charge in [0.2, 0.25) is 5.75 Å². The van der Waals surface area contributed by atoms with Gasteiger partial charge in [0.1, 0.15) is 6.10 Å². The van der Waals surface area contributed by atoms with Crippen LogP contribution in [-0.4, -0.2) is 45.4 Å². The van der Waals surface area contributed by atoms with Crippen LogP contribution in [0.4, 0.5) is 4.39 Å². The fourth-order valence-electron chi connectivity index (χ4n) is 3.36. The van der Waals surface area contributed by atoms with Gasteiger partial charge in [-0.1, -0.05) is 6.07 Å². The van der Waals surface area contributed by atoms with Gasteiger partial charge in [-0.25, -0.2) is 4.39 Å². The fraction of sp³-hybridized carbons (Fsp3) is 0.286. The molecule has 0 aliphatic heterocycles. The summed E-state index contributed by atoms with van der Waals surface area (Å²) in [5.74, 6) is 0.240. The second-order valence-corrected chi connectivity index (χ2v) is 6.20. The summed E-state index contributed by atoms with van der Waals surface area (Å²) in [6.45, 7) is 0. The standard InChI is InChI=1S/C21H21FO6/c1-25-16-6-5-11(7-14(16)22)13-10-15(23)20(24)19(13)12-8-17(26-2)21(28-4)18(9-12)27-3/h5-9,15,23H,10H2,1-4H3. The fourth-order valence-corrected chi connectivity index (χ4v) is 3.36. The molecule has 1 N–H and O–H groups in total. The lowest BCUT2D eigenvalue weighted by Gasteiger charge is -2.15. The number of methoxy groups -OCH3 is 4. The highest BCUT2D eigenvalue weighted by Crippen LogP contribution is 2.44. The molecule has 2 aromatic carbocycles.